The first-order valence-electron chi connectivity index (χ1n) is 3.68. The number of rotatable bonds is 2. The lowest BCUT2D eigenvalue weighted by atomic mass is 10.0. The summed E-state index contributed by atoms with van der Waals surface area (Å²) in [6, 6.07) is 0. The van der Waals surface area contributed by atoms with Crippen LogP contribution in [-0.4, -0.2) is 19.9 Å². The maximum absolute atomic E-state index is 5.68. The van der Waals surface area contributed by atoms with E-state index >= 15 is 0 Å². The summed E-state index contributed by atoms with van der Waals surface area (Å²) >= 11 is 0. The van der Waals surface area contributed by atoms with Crippen LogP contribution in [0.4, 0.5) is 0 Å². The van der Waals surface area contributed by atoms with E-state index in [9.17, 15) is 0 Å². The van der Waals surface area contributed by atoms with Crippen molar-refractivity contribution in [2.45, 2.75) is 12.1 Å². The van der Waals surface area contributed by atoms with Gasteiger partial charge in [0.2, 0.25) is 0 Å². The summed E-state index contributed by atoms with van der Waals surface area (Å²) in [5, 5.41) is 0. The number of hydrogen-bond acceptors (Lipinski definition) is 4. The van der Waals surface area contributed by atoms with Gasteiger partial charge in [0.05, 0.1) is 19.9 Å². The average Bonchev–Trinajstić information content (AvgIpc) is 2.03. The van der Waals surface area contributed by atoms with E-state index in [0.717, 1.165) is 0 Å². The second-order valence-electron chi connectivity index (χ2n) is 2.80. The Bertz CT molecular complexity index is 231. The number of nitrogens with two attached hydrogens (primary N) is 2. The largest absolute Gasteiger partial charge is 0.493 e. The zero-order valence-corrected chi connectivity index (χ0v) is 7.33. The Balaban J connectivity index is 2.86. The van der Waals surface area contributed by atoms with Gasteiger partial charge in [0.15, 0.2) is 11.5 Å². The Morgan fingerprint density at radius 2 is 1.83 bits per heavy atom. The van der Waals surface area contributed by atoms with E-state index < -0.39 is 5.66 Å². The summed E-state index contributed by atoms with van der Waals surface area (Å²) in [7, 11) is 3.14. The van der Waals surface area contributed by atoms with Crippen molar-refractivity contribution in [3.8, 4) is 0 Å². The first-order chi connectivity index (χ1) is 5.59. The number of methoxy groups -OCH3 is 2. The van der Waals surface area contributed by atoms with E-state index in [1.165, 1.54) is 0 Å². The summed E-state index contributed by atoms with van der Waals surface area (Å²) in [6.45, 7) is 0. The van der Waals surface area contributed by atoms with Crippen molar-refractivity contribution in [3.05, 3.63) is 23.7 Å². The average molecular weight is 170 g/mol. The molecular formula is C8H14N2O2. The molecule has 0 aromatic carbocycles. The first-order valence-corrected chi connectivity index (χ1v) is 3.68. The van der Waals surface area contributed by atoms with Gasteiger partial charge < -0.3 is 20.9 Å². The second-order valence-corrected chi connectivity index (χ2v) is 2.80. The van der Waals surface area contributed by atoms with Gasteiger partial charge in [0, 0.05) is 6.42 Å². The quantitative estimate of drug-likeness (QED) is 0.575. The molecule has 1 aliphatic carbocycles. The van der Waals surface area contributed by atoms with Crippen LogP contribution in [0, 0.1) is 0 Å². The predicted octanol–water partition coefficient (Wildman–Crippen LogP) is 0.0644. The van der Waals surface area contributed by atoms with E-state index in [-0.39, 0.29) is 0 Å². The van der Waals surface area contributed by atoms with Crippen LogP contribution in [0.1, 0.15) is 6.42 Å². The van der Waals surface area contributed by atoms with Gasteiger partial charge in [-0.3, -0.25) is 0 Å². The minimum Gasteiger partial charge on any atom is -0.493 e. The monoisotopic (exact) mass is 170 g/mol. The van der Waals surface area contributed by atoms with E-state index in [4.69, 9.17) is 20.9 Å². The zero-order chi connectivity index (χ0) is 9.19. The third-order valence-electron chi connectivity index (χ3n) is 1.72. The standard InChI is InChI=1S/C8H14N2O2/c1-11-6-3-4-8(9,10)5-7(6)12-2/h3,5H,4,9-10H2,1-2H3. The van der Waals surface area contributed by atoms with Crippen molar-refractivity contribution >= 4 is 0 Å². The molecular weight excluding hydrogens is 156 g/mol. The van der Waals surface area contributed by atoms with Gasteiger partial charge in [-0.05, 0) is 12.2 Å². The van der Waals surface area contributed by atoms with Gasteiger partial charge in [-0.1, -0.05) is 0 Å². The maximum Gasteiger partial charge on any atom is 0.159 e. The fourth-order valence-corrected chi connectivity index (χ4v) is 1.09. The normalized spacial score (nSPS) is 21.0. The Morgan fingerprint density at radius 3 is 2.33 bits per heavy atom. The molecule has 0 bridgehead atoms. The van der Waals surface area contributed by atoms with E-state index in [1.54, 1.807) is 20.3 Å². The van der Waals surface area contributed by atoms with Gasteiger partial charge in [0.25, 0.3) is 0 Å². The summed E-state index contributed by atoms with van der Waals surface area (Å²) in [5.41, 5.74) is 10.6. The molecule has 4 nitrogen and oxygen atoms in total. The minimum absolute atomic E-state index is 0.559. The van der Waals surface area contributed by atoms with Crippen LogP contribution in [0.5, 0.6) is 0 Å². The predicted molar refractivity (Wildman–Crippen MR) is 45.9 cm³/mol. The van der Waals surface area contributed by atoms with E-state index in [0.29, 0.717) is 17.9 Å². The highest BCUT2D eigenvalue weighted by atomic mass is 16.5. The molecule has 0 saturated heterocycles. The fraction of sp³-hybridized carbons (Fsp3) is 0.500. The molecule has 0 saturated carbocycles. The molecule has 4 N–H and O–H groups in total. The number of ether oxygens (including phenoxy) is 2. The molecule has 4 heteroatoms. The molecule has 0 heterocycles. The highest BCUT2D eigenvalue weighted by Crippen LogP contribution is 2.21. The Morgan fingerprint density at radius 1 is 1.25 bits per heavy atom. The lowest BCUT2D eigenvalue weighted by molar-refractivity contribution is 0.210. The summed E-state index contributed by atoms with van der Waals surface area (Å²) < 4.78 is 10.1. The molecule has 0 aromatic heterocycles. The smallest absolute Gasteiger partial charge is 0.159 e. The molecule has 1 aliphatic rings. The zero-order valence-electron chi connectivity index (χ0n) is 7.33. The highest BCUT2D eigenvalue weighted by Gasteiger charge is 2.23. The number of hydrogen-bond donors (Lipinski definition) is 2. The van der Waals surface area contributed by atoms with E-state index in [2.05, 4.69) is 0 Å². The molecule has 0 spiro atoms. The van der Waals surface area contributed by atoms with Crippen molar-refractivity contribution in [1.29, 1.82) is 0 Å². The van der Waals surface area contributed by atoms with Gasteiger partial charge in [-0.15, -0.1) is 0 Å². The van der Waals surface area contributed by atoms with Crippen LogP contribution in [0.3, 0.4) is 0 Å². The van der Waals surface area contributed by atoms with Crippen molar-refractivity contribution in [3.63, 3.8) is 0 Å². The molecule has 0 aliphatic heterocycles. The van der Waals surface area contributed by atoms with Gasteiger partial charge in [-0.2, -0.15) is 0 Å². The summed E-state index contributed by atoms with van der Waals surface area (Å²) in [5.74, 6) is 1.28. The van der Waals surface area contributed by atoms with Crippen LogP contribution in [-0.2, 0) is 9.47 Å². The van der Waals surface area contributed by atoms with E-state index in [1.807, 2.05) is 6.08 Å². The SMILES string of the molecule is COC1=CCC(N)(N)C=C1OC. The molecule has 0 aromatic rings. The Hall–Kier alpha value is -1.00. The lowest BCUT2D eigenvalue weighted by Gasteiger charge is -2.25. The highest BCUT2D eigenvalue weighted by molar-refractivity contribution is 5.29. The van der Waals surface area contributed by atoms with Crippen LogP contribution in [0.25, 0.3) is 0 Å². The maximum atomic E-state index is 5.68. The molecule has 0 amide bonds. The molecule has 0 fully saturated rings. The summed E-state index contributed by atoms with van der Waals surface area (Å²) in [6.07, 6.45) is 4.04. The topological polar surface area (TPSA) is 70.5 Å². The van der Waals surface area contributed by atoms with Crippen LogP contribution < -0.4 is 11.5 Å². The molecule has 0 unspecified atom stereocenters. The van der Waals surface area contributed by atoms with Crippen molar-refractivity contribution in [2.75, 3.05) is 14.2 Å². The first kappa shape index (κ1) is 9.09. The fourth-order valence-electron chi connectivity index (χ4n) is 1.09. The van der Waals surface area contributed by atoms with Crippen LogP contribution in [0.15, 0.2) is 23.7 Å². The van der Waals surface area contributed by atoms with Gasteiger partial charge in [-0.25, -0.2) is 0 Å². The van der Waals surface area contributed by atoms with Gasteiger partial charge in [0.1, 0.15) is 0 Å². The lowest BCUT2D eigenvalue weighted by Crippen LogP contribution is -2.48. The molecule has 0 radical (unpaired) electrons. The molecule has 0 atom stereocenters. The van der Waals surface area contributed by atoms with Crippen molar-refractivity contribution in [1.82, 2.24) is 0 Å². The van der Waals surface area contributed by atoms with Crippen LogP contribution in [0.2, 0.25) is 0 Å². The van der Waals surface area contributed by atoms with Crippen LogP contribution >= 0.6 is 0 Å². The Labute approximate surface area is 71.8 Å². The third kappa shape index (κ3) is 1.78. The van der Waals surface area contributed by atoms with Crippen molar-refractivity contribution < 1.29 is 9.47 Å². The second kappa shape index (κ2) is 3.16. The third-order valence-corrected chi connectivity index (χ3v) is 1.72. The molecule has 1 rings (SSSR count). The molecule has 12 heavy (non-hydrogen) atoms. The summed E-state index contributed by atoms with van der Waals surface area (Å²) in [4.78, 5) is 0. The van der Waals surface area contributed by atoms with Crippen molar-refractivity contribution in [2.24, 2.45) is 11.5 Å². The molecule has 68 valence electrons. The Kier molecular flexibility index (Phi) is 2.40. The minimum atomic E-state index is -0.812. The van der Waals surface area contributed by atoms with Gasteiger partial charge >= 0.3 is 0 Å².